The number of benzene rings is 2. The number of phenolic OH excluding ortho intramolecular Hbond substituents is 1. The molecule has 1 unspecified atom stereocenters. The summed E-state index contributed by atoms with van der Waals surface area (Å²) in [5, 5.41) is 9.50. The van der Waals surface area contributed by atoms with Crippen molar-refractivity contribution in [1.82, 2.24) is 4.72 Å². The lowest BCUT2D eigenvalue weighted by atomic mass is 10.1. The Hall–Kier alpha value is -1.77. The molecule has 1 atom stereocenters. The van der Waals surface area contributed by atoms with Crippen LogP contribution < -0.4 is 4.72 Å². The summed E-state index contributed by atoms with van der Waals surface area (Å²) >= 11 is 5.63. The highest BCUT2D eigenvalue weighted by Gasteiger charge is 2.26. The van der Waals surface area contributed by atoms with E-state index < -0.39 is 45.0 Å². The molecule has 23 heavy (non-hydrogen) atoms. The largest absolute Gasteiger partial charge is 0.505 e. The van der Waals surface area contributed by atoms with Crippen molar-refractivity contribution in [1.29, 1.82) is 0 Å². The average Bonchev–Trinajstić information content (AvgIpc) is 2.48. The summed E-state index contributed by atoms with van der Waals surface area (Å²) in [6.07, 6.45) is 0. The number of hydrogen-bond acceptors (Lipinski definition) is 3. The van der Waals surface area contributed by atoms with E-state index in [1.165, 1.54) is 12.1 Å². The highest BCUT2D eigenvalue weighted by molar-refractivity contribution is 7.89. The third-order valence-corrected chi connectivity index (χ3v) is 4.84. The van der Waals surface area contributed by atoms with E-state index in [0.29, 0.717) is 6.07 Å². The highest BCUT2D eigenvalue weighted by Crippen LogP contribution is 2.31. The van der Waals surface area contributed by atoms with Gasteiger partial charge in [0, 0.05) is 11.6 Å². The van der Waals surface area contributed by atoms with E-state index >= 15 is 0 Å². The van der Waals surface area contributed by atoms with Crippen LogP contribution in [-0.2, 0) is 10.0 Å². The molecule has 0 aromatic heterocycles. The van der Waals surface area contributed by atoms with Crippen molar-refractivity contribution in [3.63, 3.8) is 0 Å². The van der Waals surface area contributed by atoms with Crippen LogP contribution in [-0.4, -0.2) is 20.2 Å². The Morgan fingerprint density at radius 2 is 1.91 bits per heavy atom. The predicted molar refractivity (Wildman–Crippen MR) is 78.5 cm³/mol. The number of halogens is 4. The van der Waals surface area contributed by atoms with Gasteiger partial charge < -0.3 is 5.11 Å². The van der Waals surface area contributed by atoms with Gasteiger partial charge in [0.2, 0.25) is 10.0 Å². The van der Waals surface area contributed by atoms with Gasteiger partial charge in [-0.05, 0) is 18.2 Å². The number of aromatic hydroxyl groups is 1. The van der Waals surface area contributed by atoms with Gasteiger partial charge in [-0.15, -0.1) is 0 Å². The fraction of sp³-hybridized carbons (Fsp3) is 0.143. The summed E-state index contributed by atoms with van der Waals surface area (Å²) in [5.74, 6) is -2.68. The summed E-state index contributed by atoms with van der Waals surface area (Å²) in [6, 6.07) is 4.35. The van der Waals surface area contributed by atoms with Crippen LogP contribution in [0.1, 0.15) is 11.6 Å². The lowest BCUT2D eigenvalue weighted by Gasteiger charge is -2.17. The molecule has 0 bridgehead atoms. The van der Waals surface area contributed by atoms with Crippen LogP contribution in [0.15, 0.2) is 41.3 Å². The van der Waals surface area contributed by atoms with E-state index in [4.69, 9.17) is 11.6 Å². The molecule has 4 nitrogen and oxygen atoms in total. The van der Waals surface area contributed by atoms with Gasteiger partial charge in [-0.1, -0.05) is 23.7 Å². The Balaban J connectivity index is 2.39. The fourth-order valence-corrected chi connectivity index (χ4v) is 3.47. The van der Waals surface area contributed by atoms with Crippen LogP contribution in [0, 0.1) is 11.6 Å². The molecule has 0 aliphatic heterocycles. The van der Waals surface area contributed by atoms with Gasteiger partial charge in [0.1, 0.15) is 23.2 Å². The number of sulfonamides is 1. The van der Waals surface area contributed by atoms with Crippen LogP contribution in [0.5, 0.6) is 5.75 Å². The quantitative estimate of drug-likeness (QED) is 0.854. The first kappa shape index (κ1) is 17.6. The van der Waals surface area contributed by atoms with Crippen LogP contribution in [0.25, 0.3) is 0 Å². The second-order valence-corrected chi connectivity index (χ2v) is 6.67. The number of para-hydroxylation sites is 1. The molecule has 2 aromatic rings. The standard InChI is InChI=1S/C14H11ClF3NO3S/c15-10-2-1-3-13(14(10)20)23(21,22)19-12(7-16)9-5-4-8(17)6-11(9)18/h1-6,12,19-20H,7H2. The van der Waals surface area contributed by atoms with Crippen molar-refractivity contribution in [2.75, 3.05) is 6.67 Å². The Labute approximate surface area is 135 Å². The minimum absolute atomic E-state index is 0.211. The van der Waals surface area contributed by atoms with Crippen LogP contribution in [0.3, 0.4) is 0 Å². The lowest BCUT2D eigenvalue weighted by molar-refractivity contribution is 0.402. The molecule has 0 aliphatic rings. The molecule has 0 fully saturated rings. The van der Waals surface area contributed by atoms with Crippen molar-refractivity contribution in [2.45, 2.75) is 10.9 Å². The zero-order chi connectivity index (χ0) is 17.2. The number of hydrogen-bond donors (Lipinski definition) is 2. The zero-order valence-electron chi connectivity index (χ0n) is 11.4. The normalized spacial score (nSPS) is 13.0. The first-order valence-corrected chi connectivity index (χ1v) is 8.13. The minimum Gasteiger partial charge on any atom is -0.505 e. The Kier molecular flexibility index (Phi) is 5.18. The van der Waals surface area contributed by atoms with Gasteiger partial charge >= 0.3 is 0 Å². The van der Waals surface area contributed by atoms with E-state index in [0.717, 1.165) is 18.2 Å². The first-order valence-electron chi connectivity index (χ1n) is 6.27. The van der Waals surface area contributed by atoms with Gasteiger partial charge in [-0.3, -0.25) is 0 Å². The molecule has 0 amide bonds. The molecule has 2 N–H and O–H groups in total. The molecule has 2 rings (SSSR count). The molecule has 0 spiro atoms. The second kappa shape index (κ2) is 6.77. The number of phenols is 1. The van der Waals surface area contributed by atoms with Crippen molar-refractivity contribution in [3.05, 3.63) is 58.6 Å². The molecular weight excluding hydrogens is 355 g/mol. The molecule has 0 saturated carbocycles. The van der Waals surface area contributed by atoms with E-state index in [2.05, 4.69) is 0 Å². The van der Waals surface area contributed by atoms with Crippen molar-refractivity contribution < 1.29 is 26.7 Å². The summed E-state index contributed by atoms with van der Waals surface area (Å²) in [5.41, 5.74) is -0.362. The molecule has 2 aromatic carbocycles. The van der Waals surface area contributed by atoms with Crippen molar-refractivity contribution in [2.24, 2.45) is 0 Å². The SMILES string of the molecule is O=S(=O)(NC(CF)c1ccc(F)cc1F)c1cccc(Cl)c1O. The smallest absolute Gasteiger partial charge is 0.244 e. The van der Waals surface area contributed by atoms with Crippen LogP contribution >= 0.6 is 11.6 Å². The predicted octanol–water partition coefficient (Wildman–Crippen LogP) is 3.31. The number of rotatable bonds is 5. The van der Waals surface area contributed by atoms with Crippen molar-refractivity contribution in [3.8, 4) is 5.75 Å². The maximum atomic E-state index is 13.7. The molecule has 0 heterocycles. The fourth-order valence-electron chi connectivity index (χ4n) is 1.93. The van der Waals surface area contributed by atoms with Gasteiger partial charge in [-0.2, -0.15) is 0 Å². The van der Waals surface area contributed by atoms with E-state index in [9.17, 15) is 26.7 Å². The Bertz CT molecular complexity index is 830. The summed E-state index contributed by atoms with van der Waals surface area (Å²) < 4.78 is 66.2. The zero-order valence-corrected chi connectivity index (χ0v) is 13.0. The highest BCUT2D eigenvalue weighted by atomic mass is 35.5. The minimum atomic E-state index is -4.38. The summed E-state index contributed by atoms with van der Waals surface area (Å²) in [6.45, 7) is -1.27. The number of nitrogens with one attached hydrogen (secondary N) is 1. The van der Waals surface area contributed by atoms with E-state index in [1.54, 1.807) is 0 Å². The van der Waals surface area contributed by atoms with Crippen molar-refractivity contribution >= 4 is 21.6 Å². The van der Waals surface area contributed by atoms with Crippen LogP contribution in [0.2, 0.25) is 5.02 Å². The third-order valence-electron chi connectivity index (χ3n) is 3.03. The molecule has 0 saturated heterocycles. The number of alkyl halides is 1. The second-order valence-electron chi connectivity index (χ2n) is 4.58. The van der Waals surface area contributed by atoms with E-state index in [-0.39, 0.29) is 10.6 Å². The van der Waals surface area contributed by atoms with Crippen LogP contribution in [0.4, 0.5) is 13.2 Å². The molecule has 0 radical (unpaired) electrons. The maximum absolute atomic E-state index is 13.7. The molecule has 0 aliphatic carbocycles. The first-order chi connectivity index (χ1) is 10.8. The molecule has 124 valence electrons. The molecular formula is C14H11ClF3NO3S. The Morgan fingerprint density at radius 1 is 1.22 bits per heavy atom. The monoisotopic (exact) mass is 365 g/mol. The van der Waals surface area contributed by atoms with Gasteiger partial charge in [-0.25, -0.2) is 26.3 Å². The van der Waals surface area contributed by atoms with Gasteiger partial charge in [0.15, 0.2) is 5.75 Å². The molecule has 9 heteroatoms. The van der Waals surface area contributed by atoms with Gasteiger partial charge in [0.25, 0.3) is 0 Å². The summed E-state index contributed by atoms with van der Waals surface area (Å²) in [7, 11) is -4.38. The maximum Gasteiger partial charge on any atom is 0.244 e. The van der Waals surface area contributed by atoms with E-state index in [1.807, 2.05) is 4.72 Å². The topological polar surface area (TPSA) is 66.4 Å². The third kappa shape index (κ3) is 3.77. The Morgan fingerprint density at radius 3 is 2.52 bits per heavy atom. The summed E-state index contributed by atoms with van der Waals surface area (Å²) in [4.78, 5) is -0.578. The van der Waals surface area contributed by atoms with Gasteiger partial charge in [0.05, 0.1) is 11.1 Å². The lowest BCUT2D eigenvalue weighted by Crippen LogP contribution is -2.30. The average molecular weight is 366 g/mol.